The van der Waals surface area contributed by atoms with Gasteiger partial charge in [0.1, 0.15) is 11.1 Å². The predicted octanol–water partition coefficient (Wildman–Crippen LogP) is 2.91. The summed E-state index contributed by atoms with van der Waals surface area (Å²) in [5.41, 5.74) is 0.611. The lowest BCUT2D eigenvalue weighted by molar-refractivity contribution is -0.890. The van der Waals surface area contributed by atoms with E-state index in [1.807, 2.05) is 42.5 Å². The topological polar surface area (TPSA) is 46.4 Å². The highest BCUT2D eigenvalue weighted by Crippen LogP contribution is 2.28. The third kappa shape index (κ3) is 4.72. The minimum absolute atomic E-state index is 0.0839. The van der Waals surface area contributed by atoms with Crippen molar-refractivity contribution in [1.82, 2.24) is 10.3 Å². The van der Waals surface area contributed by atoms with Crippen LogP contribution in [0.15, 0.2) is 76.1 Å². The predicted molar refractivity (Wildman–Crippen MR) is 107 cm³/mol. The SMILES string of the molecule is C[NH+](C)[C@@H](CNC(=O)c1cccnc1Sc1ccccc1)c1cccs1. The van der Waals surface area contributed by atoms with Crippen molar-refractivity contribution in [2.24, 2.45) is 0 Å². The molecule has 0 aliphatic carbocycles. The molecule has 0 fully saturated rings. The molecule has 1 amide bonds. The number of benzene rings is 1. The van der Waals surface area contributed by atoms with Crippen molar-refractivity contribution in [3.05, 3.63) is 76.6 Å². The fourth-order valence-electron chi connectivity index (χ4n) is 2.61. The quantitative estimate of drug-likeness (QED) is 0.658. The maximum absolute atomic E-state index is 12.8. The Morgan fingerprint density at radius 2 is 1.96 bits per heavy atom. The standard InChI is InChI=1S/C20H21N3OS2/c1-23(2)17(18-11-7-13-25-18)14-22-19(24)16-10-6-12-21-20(16)26-15-8-4-3-5-9-15/h3-13,17H,14H2,1-2H3,(H,22,24)/p+1/t17-/m0/s1. The molecule has 2 heterocycles. The van der Waals surface area contributed by atoms with Crippen LogP contribution in [-0.4, -0.2) is 31.5 Å². The summed E-state index contributed by atoms with van der Waals surface area (Å²) >= 11 is 3.23. The van der Waals surface area contributed by atoms with E-state index in [2.05, 4.69) is 35.8 Å². The molecule has 0 aliphatic rings. The number of likely N-dealkylation sites (N-methyl/N-ethyl adjacent to an activating group) is 1. The molecule has 2 N–H and O–H groups in total. The number of hydrogen-bond acceptors (Lipinski definition) is 4. The van der Waals surface area contributed by atoms with Gasteiger partial charge in [-0.1, -0.05) is 36.0 Å². The second-order valence-electron chi connectivity index (χ2n) is 6.13. The van der Waals surface area contributed by atoms with Crippen molar-refractivity contribution in [2.75, 3.05) is 20.6 Å². The lowest BCUT2D eigenvalue weighted by Crippen LogP contribution is -3.06. The van der Waals surface area contributed by atoms with Gasteiger partial charge in [-0.3, -0.25) is 4.79 Å². The van der Waals surface area contributed by atoms with E-state index >= 15 is 0 Å². The lowest BCUT2D eigenvalue weighted by atomic mass is 10.2. The Kier molecular flexibility index (Phi) is 6.44. The molecule has 0 spiro atoms. The first kappa shape index (κ1) is 18.6. The molecule has 26 heavy (non-hydrogen) atoms. The van der Waals surface area contributed by atoms with Crippen LogP contribution in [0.5, 0.6) is 0 Å². The summed E-state index contributed by atoms with van der Waals surface area (Å²) in [6.07, 6.45) is 1.72. The van der Waals surface area contributed by atoms with Gasteiger partial charge in [0.25, 0.3) is 5.91 Å². The van der Waals surface area contributed by atoms with Crippen molar-refractivity contribution in [1.29, 1.82) is 0 Å². The maximum Gasteiger partial charge on any atom is 0.254 e. The van der Waals surface area contributed by atoms with Crippen LogP contribution >= 0.6 is 23.1 Å². The van der Waals surface area contributed by atoms with Crippen LogP contribution in [-0.2, 0) is 0 Å². The highest BCUT2D eigenvalue weighted by molar-refractivity contribution is 7.99. The van der Waals surface area contributed by atoms with Crippen LogP contribution in [0.4, 0.5) is 0 Å². The number of pyridine rings is 1. The number of rotatable bonds is 7. The summed E-state index contributed by atoms with van der Waals surface area (Å²) in [7, 11) is 4.22. The Morgan fingerprint density at radius 3 is 2.65 bits per heavy atom. The molecule has 0 bridgehead atoms. The first-order chi connectivity index (χ1) is 12.6. The van der Waals surface area contributed by atoms with Crippen molar-refractivity contribution in [3.8, 4) is 0 Å². The molecule has 1 atom stereocenters. The van der Waals surface area contributed by atoms with Gasteiger partial charge >= 0.3 is 0 Å². The molecule has 0 radical (unpaired) electrons. The molecule has 3 rings (SSSR count). The van der Waals surface area contributed by atoms with Crippen LogP contribution in [0, 0.1) is 0 Å². The number of hydrogen-bond donors (Lipinski definition) is 2. The number of thiophene rings is 1. The van der Waals surface area contributed by atoms with Crippen molar-refractivity contribution < 1.29 is 9.69 Å². The first-order valence-electron chi connectivity index (χ1n) is 8.44. The summed E-state index contributed by atoms with van der Waals surface area (Å²) < 4.78 is 0. The second-order valence-corrected chi connectivity index (χ2v) is 8.17. The smallest absolute Gasteiger partial charge is 0.254 e. The molecule has 1 aromatic carbocycles. The average Bonchev–Trinajstić information content (AvgIpc) is 3.17. The largest absolute Gasteiger partial charge is 0.346 e. The summed E-state index contributed by atoms with van der Waals surface area (Å²) in [5.74, 6) is -0.0839. The molecule has 0 unspecified atom stereocenters. The maximum atomic E-state index is 12.8. The van der Waals surface area contributed by atoms with Crippen LogP contribution in [0.1, 0.15) is 21.3 Å². The van der Waals surface area contributed by atoms with E-state index in [1.165, 1.54) is 21.5 Å². The zero-order chi connectivity index (χ0) is 18.4. The van der Waals surface area contributed by atoms with Crippen molar-refractivity contribution in [3.63, 3.8) is 0 Å². The molecule has 0 aliphatic heterocycles. The minimum atomic E-state index is -0.0839. The third-order valence-electron chi connectivity index (χ3n) is 4.02. The van der Waals surface area contributed by atoms with Crippen LogP contribution < -0.4 is 10.2 Å². The number of amides is 1. The minimum Gasteiger partial charge on any atom is -0.346 e. The number of aromatic nitrogens is 1. The van der Waals surface area contributed by atoms with Gasteiger partial charge < -0.3 is 10.2 Å². The van der Waals surface area contributed by atoms with Gasteiger partial charge in [-0.05, 0) is 35.7 Å². The monoisotopic (exact) mass is 384 g/mol. The molecular formula is C20H22N3OS2+. The highest BCUT2D eigenvalue weighted by Gasteiger charge is 2.21. The first-order valence-corrected chi connectivity index (χ1v) is 10.1. The molecule has 4 nitrogen and oxygen atoms in total. The Balaban J connectivity index is 1.72. The molecular weight excluding hydrogens is 362 g/mol. The zero-order valence-corrected chi connectivity index (χ0v) is 16.4. The molecule has 3 aromatic rings. The third-order valence-corrected chi connectivity index (χ3v) is 6.04. The number of quaternary nitrogens is 1. The molecule has 6 heteroatoms. The van der Waals surface area contributed by atoms with Gasteiger partial charge in [-0.2, -0.15) is 0 Å². The van der Waals surface area contributed by atoms with Crippen molar-refractivity contribution in [2.45, 2.75) is 16.0 Å². The summed E-state index contributed by atoms with van der Waals surface area (Å²) in [6.45, 7) is 0.589. The van der Waals surface area contributed by atoms with Crippen molar-refractivity contribution >= 4 is 29.0 Å². The van der Waals surface area contributed by atoms with Crippen LogP contribution in [0.2, 0.25) is 0 Å². The van der Waals surface area contributed by atoms with Gasteiger partial charge in [0.05, 0.1) is 31.1 Å². The van der Waals surface area contributed by atoms with Crippen LogP contribution in [0.25, 0.3) is 0 Å². The van der Waals surface area contributed by atoms with E-state index in [0.29, 0.717) is 12.1 Å². The summed E-state index contributed by atoms with van der Waals surface area (Å²) in [4.78, 5) is 20.8. The van der Waals surface area contributed by atoms with E-state index in [0.717, 1.165) is 9.92 Å². The lowest BCUT2D eigenvalue weighted by Gasteiger charge is -2.21. The Hall–Kier alpha value is -2.15. The molecule has 0 saturated carbocycles. The zero-order valence-electron chi connectivity index (χ0n) is 14.8. The highest BCUT2D eigenvalue weighted by atomic mass is 32.2. The molecule has 134 valence electrons. The number of carbonyl (C=O) groups is 1. The summed E-state index contributed by atoms with van der Waals surface area (Å²) in [5, 5.41) is 5.88. The molecule has 0 saturated heterocycles. The second kappa shape index (κ2) is 8.98. The van der Waals surface area contributed by atoms with Gasteiger partial charge in [0, 0.05) is 11.1 Å². The van der Waals surface area contributed by atoms with Crippen LogP contribution in [0.3, 0.4) is 0 Å². The van der Waals surface area contributed by atoms with Gasteiger partial charge in [0.15, 0.2) is 0 Å². The molecule has 2 aromatic heterocycles. The number of nitrogens with one attached hydrogen (secondary N) is 2. The van der Waals surface area contributed by atoms with E-state index in [9.17, 15) is 4.79 Å². The Morgan fingerprint density at radius 1 is 1.15 bits per heavy atom. The summed E-state index contributed by atoms with van der Waals surface area (Å²) in [6, 6.07) is 18.0. The van der Waals surface area contributed by atoms with Gasteiger partial charge in [0.2, 0.25) is 0 Å². The van der Waals surface area contributed by atoms with E-state index in [-0.39, 0.29) is 11.9 Å². The van der Waals surface area contributed by atoms with E-state index in [4.69, 9.17) is 0 Å². The number of nitrogens with zero attached hydrogens (tertiary/aromatic N) is 1. The Labute approximate surface area is 162 Å². The van der Waals surface area contributed by atoms with E-state index in [1.54, 1.807) is 23.6 Å². The normalized spacial score (nSPS) is 12.1. The van der Waals surface area contributed by atoms with E-state index < -0.39 is 0 Å². The fraction of sp³-hybridized carbons (Fsp3) is 0.200. The van der Waals surface area contributed by atoms with Gasteiger partial charge in [-0.15, -0.1) is 11.3 Å². The average molecular weight is 385 g/mol. The fourth-order valence-corrected chi connectivity index (χ4v) is 4.47. The Bertz CT molecular complexity index is 835. The van der Waals surface area contributed by atoms with Gasteiger partial charge in [-0.25, -0.2) is 4.98 Å². The number of carbonyl (C=O) groups excluding carboxylic acids is 1.